The van der Waals surface area contributed by atoms with Crippen LogP contribution in [0, 0.1) is 17.1 Å². The van der Waals surface area contributed by atoms with Gasteiger partial charge in [0.25, 0.3) is 0 Å². The van der Waals surface area contributed by atoms with Crippen LogP contribution in [0.15, 0.2) is 6.07 Å². The maximum atomic E-state index is 13.9. The third-order valence-corrected chi connectivity index (χ3v) is 4.08. The van der Waals surface area contributed by atoms with Crippen LogP contribution in [0.2, 0.25) is 5.02 Å². The number of hydrogen-bond acceptors (Lipinski definition) is 3. The predicted molar refractivity (Wildman–Crippen MR) is 70.0 cm³/mol. The van der Waals surface area contributed by atoms with Gasteiger partial charge in [-0.15, -0.1) is 11.3 Å². The van der Waals surface area contributed by atoms with Crippen molar-refractivity contribution in [2.75, 3.05) is 5.73 Å². The Hall–Kier alpha value is -1.31. The molecule has 0 aliphatic heterocycles. The third-order valence-electron chi connectivity index (χ3n) is 2.62. The fourth-order valence-electron chi connectivity index (χ4n) is 1.92. The number of nitriles is 1. The molecule has 0 fully saturated rings. The summed E-state index contributed by atoms with van der Waals surface area (Å²) < 4.78 is 14.6. The molecule has 1 aromatic heterocycles. The Labute approximate surface area is 107 Å². The number of nitrogens with zero attached hydrogens (tertiary/aromatic N) is 1. The summed E-state index contributed by atoms with van der Waals surface area (Å²) in [6.07, 6.45) is 0. The minimum Gasteiger partial charge on any atom is -0.389 e. The van der Waals surface area contributed by atoms with Crippen molar-refractivity contribution in [3.05, 3.63) is 28.0 Å². The Morgan fingerprint density at radius 1 is 1.53 bits per heavy atom. The Balaban J connectivity index is 3.03. The van der Waals surface area contributed by atoms with Crippen molar-refractivity contribution in [2.24, 2.45) is 0 Å². The van der Waals surface area contributed by atoms with Crippen LogP contribution in [0.3, 0.4) is 0 Å². The Bertz CT molecular complexity index is 640. The van der Waals surface area contributed by atoms with Crippen molar-refractivity contribution in [1.29, 1.82) is 5.26 Å². The summed E-state index contributed by atoms with van der Waals surface area (Å²) in [7, 11) is 0. The average molecular weight is 269 g/mol. The molecule has 2 rings (SSSR count). The molecule has 0 spiro atoms. The summed E-state index contributed by atoms with van der Waals surface area (Å²) in [5.41, 5.74) is 6.60. The van der Waals surface area contributed by atoms with E-state index in [0.717, 1.165) is 0 Å². The first-order chi connectivity index (χ1) is 7.97. The molecule has 88 valence electrons. The number of nitrogens with two attached hydrogens (primary N) is 1. The second-order valence-corrected chi connectivity index (χ2v) is 5.53. The first-order valence-corrected chi connectivity index (χ1v) is 6.26. The number of thiophene rings is 1. The number of fused-ring (bicyclic) bond motifs is 1. The average Bonchev–Trinajstić information content (AvgIpc) is 2.54. The molecular formula is C12H10ClFN2S. The van der Waals surface area contributed by atoms with Gasteiger partial charge in [0.05, 0.1) is 15.3 Å². The van der Waals surface area contributed by atoms with Gasteiger partial charge in [0.2, 0.25) is 0 Å². The first-order valence-electron chi connectivity index (χ1n) is 5.07. The highest BCUT2D eigenvalue weighted by Crippen LogP contribution is 2.42. The summed E-state index contributed by atoms with van der Waals surface area (Å²) in [4.78, 5) is 0. The van der Waals surface area contributed by atoms with E-state index in [-0.39, 0.29) is 11.7 Å². The van der Waals surface area contributed by atoms with E-state index >= 15 is 0 Å². The number of anilines is 1. The van der Waals surface area contributed by atoms with E-state index in [2.05, 4.69) is 0 Å². The van der Waals surface area contributed by atoms with Gasteiger partial charge in [0.1, 0.15) is 16.9 Å². The molecule has 0 unspecified atom stereocenters. The second kappa shape index (κ2) is 4.17. The number of benzene rings is 1. The normalized spacial score (nSPS) is 11.1. The van der Waals surface area contributed by atoms with Crippen LogP contribution in [-0.4, -0.2) is 0 Å². The SMILES string of the molecule is CC(C)c1c(F)cc(Cl)c2sc(N)c(C#N)c12. The Kier molecular flexibility index (Phi) is 2.98. The van der Waals surface area contributed by atoms with Crippen LogP contribution in [0.5, 0.6) is 0 Å². The lowest BCUT2D eigenvalue weighted by Gasteiger charge is -2.10. The highest BCUT2D eigenvalue weighted by Gasteiger charge is 2.21. The van der Waals surface area contributed by atoms with E-state index in [1.165, 1.54) is 17.4 Å². The zero-order valence-corrected chi connectivity index (χ0v) is 10.9. The molecule has 5 heteroatoms. The topological polar surface area (TPSA) is 49.8 Å². The van der Waals surface area contributed by atoms with Crippen molar-refractivity contribution in [3.8, 4) is 6.07 Å². The van der Waals surface area contributed by atoms with Gasteiger partial charge in [-0.05, 0) is 12.0 Å². The highest BCUT2D eigenvalue weighted by atomic mass is 35.5. The van der Waals surface area contributed by atoms with E-state index in [1.807, 2.05) is 19.9 Å². The van der Waals surface area contributed by atoms with Gasteiger partial charge in [-0.2, -0.15) is 5.26 Å². The number of halogens is 2. The molecule has 0 amide bonds. The van der Waals surface area contributed by atoms with Gasteiger partial charge in [-0.3, -0.25) is 0 Å². The van der Waals surface area contributed by atoms with Crippen molar-refractivity contribution >= 4 is 38.0 Å². The zero-order valence-electron chi connectivity index (χ0n) is 9.34. The molecule has 0 saturated heterocycles. The molecule has 1 heterocycles. The minimum atomic E-state index is -0.383. The van der Waals surface area contributed by atoms with Crippen LogP contribution in [0.25, 0.3) is 10.1 Å². The summed E-state index contributed by atoms with van der Waals surface area (Å²) in [5, 5.41) is 10.4. The van der Waals surface area contributed by atoms with Gasteiger partial charge in [-0.25, -0.2) is 4.39 Å². The van der Waals surface area contributed by atoms with Crippen molar-refractivity contribution in [3.63, 3.8) is 0 Å². The van der Waals surface area contributed by atoms with E-state index in [0.29, 0.717) is 31.2 Å². The second-order valence-electron chi connectivity index (χ2n) is 4.07. The van der Waals surface area contributed by atoms with Crippen LogP contribution in [0.1, 0.15) is 30.9 Å². The minimum absolute atomic E-state index is 0.0316. The summed E-state index contributed by atoms with van der Waals surface area (Å²) in [6, 6.07) is 3.32. The summed E-state index contributed by atoms with van der Waals surface area (Å²) >= 11 is 7.21. The van der Waals surface area contributed by atoms with Crippen LogP contribution in [-0.2, 0) is 0 Å². The zero-order chi connectivity index (χ0) is 12.7. The van der Waals surface area contributed by atoms with Crippen LogP contribution >= 0.6 is 22.9 Å². The Morgan fingerprint density at radius 3 is 2.71 bits per heavy atom. The van der Waals surface area contributed by atoms with Crippen LogP contribution in [0.4, 0.5) is 9.39 Å². The molecule has 1 aromatic carbocycles. The van der Waals surface area contributed by atoms with E-state index in [4.69, 9.17) is 22.6 Å². The molecule has 2 N–H and O–H groups in total. The van der Waals surface area contributed by atoms with Crippen molar-refractivity contribution < 1.29 is 4.39 Å². The van der Waals surface area contributed by atoms with E-state index in [1.54, 1.807) is 0 Å². The third kappa shape index (κ3) is 1.76. The maximum absolute atomic E-state index is 13.9. The Morgan fingerprint density at radius 2 is 2.18 bits per heavy atom. The van der Waals surface area contributed by atoms with Gasteiger partial charge < -0.3 is 5.73 Å². The lowest BCUT2D eigenvalue weighted by atomic mass is 9.96. The first kappa shape index (κ1) is 12.2. The van der Waals surface area contributed by atoms with Gasteiger partial charge in [0, 0.05) is 10.9 Å². The fraction of sp³-hybridized carbons (Fsp3) is 0.250. The molecule has 2 nitrogen and oxygen atoms in total. The fourth-order valence-corrected chi connectivity index (χ4v) is 3.17. The molecule has 0 aliphatic rings. The quantitative estimate of drug-likeness (QED) is 0.840. The standard InChI is InChI=1S/C12H10ClFN2S/c1-5(2)9-8(14)3-7(13)11-10(9)6(4-15)12(16)17-11/h3,5H,16H2,1-2H3. The molecule has 0 aliphatic carbocycles. The van der Waals surface area contributed by atoms with Gasteiger partial charge in [-0.1, -0.05) is 25.4 Å². The molecule has 0 saturated carbocycles. The largest absolute Gasteiger partial charge is 0.389 e. The van der Waals surface area contributed by atoms with Crippen molar-refractivity contribution in [1.82, 2.24) is 0 Å². The van der Waals surface area contributed by atoms with Gasteiger partial charge >= 0.3 is 0 Å². The number of rotatable bonds is 1. The molecule has 0 radical (unpaired) electrons. The number of hydrogen-bond donors (Lipinski definition) is 1. The van der Waals surface area contributed by atoms with E-state index in [9.17, 15) is 4.39 Å². The van der Waals surface area contributed by atoms with Gasteiger partial charge in [0.15, 0.2) is 0 Å². The molecule has 0 bridgehead atoms. The van der Waals surface area contributed by atoms with Crippen LogP contribution < -0.4 is 5.73 Å². The summed E-state index contributed by atoms with van der Waals surface area (Å²) in [6.45, 7) is 3.75. The molecular weight excluding hydrogens is 259 g/mol. The maximum Gasteiger partial charge on any atom is 0.128 e. The molecule has 17 heavy (non-hydrogen) atoms. The summed E-state index contributed by atoms with van der Waals surface area (Å²) in [5.74, 6) is -0.414. The molecule has 2 aromatic rings. The predicted octanol–water partition coefficient (Wildman–Crippen LogP) is 4.27. The smallest absolute Gasteiger partial charge is 0.128 e. The number of nitrogen functional groups attached to an aromatic ring is 1. The lowest BCUT2D eigenvalue weighted by molar-refractivity contribution is 0.602. The highest BCUT2D eigenvalue weighted by molar-refractivity contribution is 7.23. The lowest BCUT2D eigenvalue weighted by Crippen LogP contribution is -1.95. The monoisotopic (exact) mass is 268 g/mol. The molecule has 0 atom stereocenters. The van der Waals surface area contributed by atoms with Crippen molar-refractivity contribution in [2.45, 2.75) is 19.8 Å². The van der Waals surface area contributed by atoms with E-state index < -0.39 is 0 Å².